The Hall–Kier alpha value is -2.01. The summed E-state index contributed by atoms with van der Waals surface area (Å²) in [5.41, 5.74) is 3.15. The van der Waals surface area contributed by atoms with E-state index in [0.717, 1.165) is 43.5 Å². The number of morpholine rings is 1. The number of aromatic nitrogens is 3. The Morgan fingerprint density at radius 2 is 1.81 bits per heavy atom. The van der Waals surface area contributed by atoms with E-state index in [4.69, 9.17) is 4.74 Å². The van der Waals surface area contributed by atoms with E-state index < -0.39 is 0 Å². The van der Waals surface area contributed by atoms with Gasteiger partial charge in [-0.2, -0.15) is 0 Å². The zero-order chi connectivity index (χ0) is 14.7. The van der Waals surface area contributed by atoms with Gasteiger partial charge in [0.25, 0.3) is 0 Å². The predicted molar refractivity (Wildman–Crippen MR) is 82.4 cm³/mol. The fourth-order valence-corrected chi connectivity index (χ4v) is 2.34. The minimum Gasteiger partial charge on any atom is -0.378 e. The number of hydrogen-bond acceptors (Lipinski definition) is 5. The molecule has 110 valence electrons. The van der Waals surface area contributed by atoms with Crippen LogP contribution in [-0.2, 0) is 4.74 Å². The van der Waals surface area contributed by atoms with Crippen LogP contribution in [0.15, 0.2) is 30.7 Å². The summed E-state index contributed by atoms with van der Waals surface area (Å²) >= 11 is 0. The SMILES string of the molecule is CC(C)c1ccnc(-c2cnc(N3CCOCC3)nc2)c1. The van der Waals surface area contributed by atoms with Crippen LogP contribution < -0.4 is 4.90 Å². The van der Waals surface area contributed by atoms with Crippen molar-refractivity contribution in [2.24, 2.45) is 0 Å². The summed E-state index contributed by atoms with van der Waals surface area (Å²) in [5, 5.41) is 0. The van der Waals surface area contributed by atoms with Gasteiger partial charge in [0, 0.05) is 37.2 Å². The molecule has 5 nitrogen and oxygen atoms in total. The van der Waals surface area contributed by atoms with Gasteiger partial charge in [-0.3, -0.25) is 4.98 Å². The molecule has 0 amide bonds. The molecular weight excluding hydrogens is 264 g/mol. The van der Waals surface area contributed by atoms with Gasteiger partial charge >= 0.3 is 0 Å². The fraction of sp³-hybridized carbons (Fsp3) is 0.438. The third-order valence-electron chi connectivity index (χ3n) is 3.68. The van der Waals surface area contributed by atoms with Crippen molar-refractivity contribution in [2.75, 3.05) is 31.2 Å². The van der Waals surface area contributed by atoms with Crippen LogP contribution in [-0.4, -0.2) is 41.3 Å². The molecule has 0 atom stereocenters. The largest absolute Gasteiger partial charge is 0.378 e. The molecular formula is C16H20N4O. The van der Waals surface area contributed by atoms with Crippen LogP contribution in [0.3, 0.4) is 0 Å². The number of pyridine rings is 1. The Morgan fingerprint density at radius 1 is 1.10 bits per heavy atom. The van der Waals surface area contributed by atoms with E-state index in [9.17, 15) is 0 Å². The molecule has 0 aliphatic carbocycles. The van der Waals surface area contributed by atoms with Crippen molar-refractivity contribution in [3.8, 4) is 11.3 Å². The minimum atomic E-state index is 0.486. The predicted octanol–water partition coefficient (Wildman–Crippen LogP) is 2.50. The Bertz CT molecular complexity index is 591. The van der Waals surface area contributed by atoms with Crippen molar-refractivity contribution in [3.05, 3.63) is 36.3 Å². The van der Waals surface area contributed by atoms with Gasteiger partial charge in [-0.15, -0.1) is 0 Å². The van der Waals surface area contributed by atoms with E-state index in [1.807, 2.05) is 18.6 Å². The first-order chi connectivity index (χ1) is 10.2. The topological polar surface area (TPSA) is 51.1 Å². The summed E-state index contributed by atoms with van der Waals surface area (Å²) in [6.45, 7) is 7.53. The van der Waals surface area contributed by atoms with Crippen LogP contribution in [0.4, 0.5) is 5.95 Å². The first-order valence-corrected chi connectivity index (χ1v) is 7.35. The molecule has 1 aliphatic heterocycles. The highest BCUT2D eigenvalue weighted by atomic mass is 16.5. The average Bonchev–Trinajstić information content (AvgIpc) is 2.56. The lowest BCUT2D eigenvalue weighted by Crippen LogP contribution is -2.37. The third-order valence-corrected chi connectivity index (χ3v) is 3.68. The van der Waals surface area contributed by atoms with Gasteiger partial charge in [0.2, 0.25) is 5.95 Å². The van der Waals surface area contributed by atoms with E-state index in [2.05, 4.69) is 45.8 Å². The third kappa shape index (κ3) is 3.19. The first kappa shape index (κ1) is 13.9. The molecule has 0 saturated carbocycles. The smallest absolute Gasteiger partial charge is 0.225 e. The summed E-state index contributed by atoms with van der Waals surface area (Å²) in [6.07, 6.45) is 5.55. The summed E-state index contributed by atoms with van der Waals surface area (Å²) < 4.78 is 5.34. The van der Waals surface area contributed by atoms with Crippen LogP contribution in [0.1, 0.15) is 25.3 Å². The summed E-state index contributed by atoms with van der Waals surface area (Å²) in [5.74, 6) is 1.25. The molecule has 0 unspecified atom stereocenters. The lowest BCUT2D eigenvalue weighted by molar-refractivity contribution is 0.122. The highest BCUT2D eigenvalue weighted by molar-refractivity contribution is 5.58. The number of rotatable bonds is 3. The molecule has 0 N–H and O–H groups in total. The Morgan fingerprint density at radius 3 is 2.48 bits per heavy atom. The monoisotopic (exact) mass is 284 g/mol. The molecule has 21 heavy (non-hydrogen) atoms. The van der Waals surface area contributed by atoms with Gasteiger partial charge in [0.15, 0.2) is 0 Å². The summed E-state index contributed by atoms with van der Waals surface area (Å²) in [6, 6.07) is 4.16. The summed E-state index contributed by atoms with van der Waals surface area (Å²) in [4.78, 5) is 15.5. The second-order valence-corrected chi connectivity index (χ2v) is 5.50. The zero-order valence-corrected chi connectivity index (χ0v) is 12.5. The van der Waals surface area contributed by atoms with Gasteiger partial charge < -0.3 is 9.64 Å². The molecule has 0 radical (unpaired) electrons. The highest BCUT2D eigenvalue weighted by Gasteiger charge is 2.13. The zero-order valence-electron chi connectivity index (χ0n) is 12.5. The van der Waals surface area contributed by atoms with Crippen molar-refractivity contribution in [2.45, 2.75) is 19.8 Å². The average molecular weight is 284 g/mol. The normalized spacial score (nSPS) is 15.5. The molecule has 0 aromatic carbocycles. The number of anilines is 1. The van der Waals surface area contributed by atoms with Gasteiger partial charge in [0.05, 0.1) is 18.9 Å². The van der Waals surface area contributed by atoms with Crippen LogP contribution in [0, 0.1) is 0 Å². The minimum absolute atomic E-state index is 0.486. The van der Waals surface area contributed by atoms with Crippen molar-refractivity contribution in [1.29, 1.82) is 0 Å². The Kier molecular flexibility index (Phi) is 4.10. The second kappa shape index (κ2) is 6.18. The van der Waals surface area contributed by atoms with Crippen LogP contribution >= 0.6 is 0 Å². The molecule has 2 aromatic heterocycles. The molecule has 1 aliphatic rings. The fourth-order valence-electron chi connectivity index (χ4n) is 2.34. The van der Waals surface area contributed by atoms with E-state index in [-0.39, 0.29) is 0 Å². The van der Waals surface area contributed by atoms with Gasteiger partial charge in [-0.25, -0.2) is 9.97 Å². The Balaban J connectivity index is 1.81. The lowest BCUT2D eigenvalue weighted by Gasteiger charge is -2.26. The number of nitrogens with zero attached hydrogens (tertiary/aromatic N) is 4. The molecule has 3 rings (SSSR count). The van der Waals surface area contributed by atoms with E-state index in [1.165, 1.54) is 5.56 Å². The quantitative estimate of drug-likeness (QED) is 0.866. The maximum atomic E-state index is 5.34. The molecule has 5 heteroatoms. The number of hydrogen-bond donors (Lipinski definition) is 0. The highest BCUT2D eigenvalue weighted by Crippen LogP contribution is 2.21. The molecule has 0 spiro atoms. The number of ether oxygens (including phenoxy) is 1. The van der Waals surface area contributed by atoms with E-state index in [0.29, 0.717) is 5.92 Å². The van der Waals surface area contributed by atoms with Crippen LogP contribution in [0.2, 0.25) is 0 Å². The standard InChI is InChI=1S/C16H20N4O/c1-12(2)13-3-4-17-15(9-13)14-10-18-16(19-11-14)20-5-7-21-8-6-20/h3-4,9-12H,5-8H2,1-2H3. The molecule has 0 bridgehead atoms. The van der Waals surface area contributed by atoms with Crippen molar-refractivity contribution >= 4 is 5.95 Å². The second-order valence-electron chi connectivity index (χ2n) is 5.50. The maximum absolute atomic E-state index is 5.34. The molecule has 2 aromatic rings. The Labute approximate surface area is 125 Å². The molecule has 3 heterocycles. The van der Waals surface area contributed by atoms with Crippen molar-refractivity contribution in [3.63, 3.8) is 0 Å². The first-order valence-electron chi connectivity index (χ1n) is 7.35. The molecule has 1 saturated heterocycles. The van der Waals surface area contributed by atoms with Gasteiger partial charge in [-0.1, -0.05) is 13.8 Å². The maximum Gasteiger partial charge on any atom is 0.225 e. The van der Waals surface area contributed by atoms with E-state index >= 15 is 0 Å². The lowest BCUT2D eigenvalue weighted by atomic mass is 10.0. The molecule has 1 fully saturated rings. The van der Waals surface area contributed by atoms with Crippen LogP contribution in [0.5, 0.6) is 0 Å². The van der Waals surface area contributed by atoms with Crippen molar-refractivity contribution in [1.82, 2.24) is 15.0 Å². The van der Waals surface area contributed by atoms with Crippen LogP contribution in [0.25, 0.3) is 11.3 Å². The van der Waals surface area contributed by atoms with Gasteiger partial charge in [-0.05, 0) is 23.6 Å². The summed E-state index contributed by atoms with van der Waals surface area (Å²) in [7, 11) is 0. The van der Waals surface area contributed by atoms with Crippen molar-refractivity contribution < 1.29 is 4.74 Å². The van der Waals surface area contributed by atoms with E-state index in [1.54, 1.807) is 0 Å². The van der Waals surface area contributed by atoms with Gasteiger partial charge in [0.1, 0.15) is 0 Å².